The molecule has 0 heterocycles. The van der Waals surface area contributed by atoms with Crippen molar-refractivity contribution in [1.29, 1.82) is 0 Å². The summed E-state index contributed by atoms with van der Waals surface area (Å²) in [4.78, 5) is 24.8. The second kappa shape index (κ2) is 7.20. The molecule has 2 aromatic rings. The van der Waals surface area contributed by atoms with E-state index in [-0.39, 0.29) is 10.7 Å². The molecule has 0 aliphatic rings. The number of hydrogen-bond donors (Lipinski definition) is 2. The molecule has 2 aromatic carbocycles. The van der Waals surface area contributed by atoms with Crippen molar-refractivity contribution >= 4 is 46.4 Å². The van der Waals surface area contributed by atoms with Gasteiger partial charge in [-0.05, 0) is 50.2 Å². The average Bonchev–Trinajstić information content (AvgIpc) is 2.50. The summed E-state index contributed by atoms with van der Waals surface area (Å²) < 4.78 is 13.2. The Hall–Kier alpha value is -2.11. The number of hydrogen-bond acceptors (Lipinski definition) is 2. The Labute approximate surface area is 149 Å². The lowest BCUT2D eigenvalue weighted by Crippen LogP contribution is -2.41. The van der Waals surface area contributed by atoms with E-state index in [1.807, 2.05) is 0 Å². The van der Waals surface area contributed by atoms with Crippen molar-refractivity contribution in [3.05, 3.63) is 58.3 Å². The molecule has 2 N–H and O–H groups in total. The molecule has 0 bridgehead atoms. The fourth-order valence-electron chi connectivity index (χ4n) is 1.82. The zero-order chi connectivity index (χ0) is 17.9. The maximum atomic E-state index is 13.2. The van der Waals surface area contributed by atoms with Crippen LogP contribution in [0.15, 0.2) is 42.5 Å². The molecule has 0 saturated heterocycles. The number of amides is 2. The summed E-state index contributed by atoms with van der Waals surface area (Å²) in [6.45, 7) is 2.93. The molecule has 2 amide bonds. The second-order valence-corrected chi connectivity index (χ2v) is 6.49. The van der Waals surface area contributed by atoms with Crippen LogP contribution in [-0.2, 0) is 9.59 Å². The molecule has 24 heavy (non-hydrogen) atoms. The van der Waals surface area contributed by atoms with E-state index in [1.165, 1.54) is 44.2 Å². The predicted octanol–water partition coefficient (Wildman–Crippen LogP) is 4.74. The number of benzene rings is 2. The van der Waals surface area contributed by atoms with E-state index in [0.29, 0.717) is 10.7 Å². The lowest BCUT2D eigenvalue weighted by atomic mass is 9.90. The van der Waals surface area contributed by atoms with Crippen molar-refractivity contribution in [1.82, 2.24) is 0 Å². The Morgan fingerprint density at radius 3 is 2.04 bits per heavy atom. The molecule has 2 rings (SSSR count). The molecule has 4 nitrogen and oxygen atoms in total. The molecule has 0 unspecified atom stereocenters. The summed E-state index contributed by atoms with van der Waals surface area (Å²) in [7, 11) is 0. The first-order valence-electron chi connectivity index (χ1n) is 7.03. The zero-order valence-electron chi connectivity index (χ0n) is 13.0. The largest absolute Gasteiger partial charge is 0.325 e. The maximum absolute atomic E-state index is 13.2. The second-order valence-electron chi connectivity index (χ2n) is 5.67. The van der Waals surface area contributed by atoms with Gasteiger partial charge in [-0.2, -0.15) is 0 Å². The van der Waals surface area contributed by atoms with E-state index in [0.717, 1.165) is 0 Å². The summed E-state index contributed by atoms with van der Waals surface area (Å²) in [6, 6.07) is 10.0. The Balaban J connectivity index is 2.11. The minimum atomic E-state index is -1.39. The number of anilines is 2. The highest BCUT2D eigenvalue weighted by molar-refractivity contribution is 6.42. The van der Waals surface area contributed by atoms with Crippen LogP contribution in [0.5, 0.6) is 0 Å². The molecule has 0 saturated carbocycles. The summed E-state index contributed by atoms with van der Waals surface area (Å²) in [6.07, 6.45) is 0. The van der Waals surface area contributed by atoms with Crippen molar-refractivity contribution in [3.63, 3.8) is 0 Å². The van der Waals surface area contributed by atoms with Crippen LogP contribution in [0, 0.1) is 11.2 Å². The third-order valence-corrected chi connectivity index (χ3v) is 4.13. The van der Waals surface area contributed by atoms with Gasteiger partial charge in [-0.15, -0.1) is 0 Å². The van der Waals surface area contributed by atoms with Crippen LogP contribution < -0.4 is 10.6 Å². The molecule has 0 fully saturated rings. The molecule has 126 valence electrons. The fourth-order valence-corrected chi connectivity index (χ4v) is 2.12. The van der Waals surface area contributed by atoms with Gasteiger partial charge in [0.25, 0.3) is 0 Å². The van der Waals surface area contributed by atoms with Gasteiger partial charge in [0.1, 0.15) is 11.2 Å². The summed E-state index contributed by atoms with van der Waals surface area (Å²) in [5.41, 5.74) is -0.699. The first-order chi connectivity index (χ1) is 11.2. The molecular formula is C17H15Cl2FN2O2. The van der Waals surface area contributed by atoms with Crippen LogP contribution in [0.2, 0.25) is 10.0 Å². The minimum Gasteiger partial charge on any atom is -0.325 e. The van der Waals surface area contributed by atoms with Gasteiger partial charge in [0.15, 0.2) is 0 Å². The number of halogens is 3. The maximum Gasteiger partial charge on any atom is 0.239 e. The van der Waals surface area contributed by atoms with Crippen molar-refractivity contribution in [3.8, 4) is 0 Å². The first-order valence-corrected chi connectivity index (χ1v) is 7.79. The highest BCUT2D eigenvalue weighted by Gasteiger charge is 2.36. The van der Waals surface area contributed by atoms with Crippen molar-refractivity contribution in [2.75, 3.05) is 10.6 Å². The Morgan fingerprint density at radius 2 is 1.50 bits per heavy atom. The molecule has 0 spiro atoms. The highest BCUT2D eigenvalue weighted by atomic mass is 35.5. The molecular weight excluding hydrogens is 354 g/mol. The van der Waals surface area contributed by atoms with Crippen molar-refractivity contribution in [2.24, 2.45) is 5.41 Å². The van der Waals surface area contributed by atoms with Crippen LogP contribution in [0.3, 0.4) is 0 Å². The van der Waals surface area contributed by atoms with Crippen LogP contribution in [0.4, 0.5) is 15.8 Å². The lowest BCUT2D eigenvalue weighted by Gasteiger charge is -2.23. The first kappa shape index (κ1) is 18.2. The van der Waals surface area contributed by atoms with Crippen LogP contribution in [-0.4, -0.2) is 11.8 Å². The zero-order valence-corrected chi connectivity index (χ0v) is 14.5. The van der Waals surface area contributed by atoms with Gasteiger partial charge in [-0.25, -0.2) is 4.39 Å². The van der Waals surface area contributed by atoms with E-state index in [9.17, 15) is 14.0 Å². The van der Waals surface area contributed by atoms with Crippen molar-refractivity contribution < 1.29 is 14.0 Å². The molecule has 0 aromatic heterocycles. The standard InChI is InChI=1S/C17H15Cl2FN2O2/c1-17(2,15(23)21-11-5-3-4-10(20)8-11)16(24)22-12-6-7-13(18)14(19)9-12/h3-9H,1-2H3,(H,21,23)(H,22,24). The fraction of sp³-hybridized carbons (Fsp3) is 0.176. The van der Waals surface area contributed by atoms with Gasteiger partial charge in [0, 0.05) is 11.4 Å². The lowest BCUT2D eigenvalue weighted by molar-refractivity contribution is -0.135. The predicted molar refractivity (Wildman–Crippen MR) is 93.9 cm³/mol. The third-order valence-electron chi connectivity index (χ3n) is 3.40. The van der Waals surface area contributed by atoms with E-state index in [4.69, 9.17) is 23.2 Å². The number of rotatable bonds is 4. The number of nitrogens with one attached hydrogen (secondary N) is 2. The van der Waals surface area contributed by atoms with E-state index in [1.54, 1.807) is 12.1 Å². The summed E-state index contributed by atoms with van der Waals surface area (Å²) in [5.74, 6) is -1.58. The van der Waals surface area contributed by atoms with E-state index >= 15 is 0 Å². The molecule has 0 atom stereocenters. The minimum absolute atomic E-state index is 0.274. The smallest absolute Gasteiger partial charge is 0.239 e. The van der Waals surface area contributed by atoms with Crippen LogP contribution >= 0.6 is 23.2 Å². The molecule has 0 aliphatic carbocycles. The van der Waals surface area contributed by atoms with Crippen LogP contribution in [0.25, 0.3) is 0 Å². The number of carbonyl (C=O) groups is 2. The SMILES string of the molecule is CC(C)(C(=O)Nc1cccc(F)c1)C(=O)Nc1ccc(Cl)c(Cl)c1. The topological polar surface area (TPSA) is 58.2 Å². The van der Waals surface area contributed by atoms with Gasteiger partial charge in [-0.1, -0.05) is 29.3 Å². The third kappa shape index (κ3) is 4.24. The van der Waals surface area contributed by atoms with Gasteiger partial charge < -0.3 is 10.6 Å². The van der Waals surface area contributed by atoms with E-state index in [2.05, 4.69) is 10.6 Å². The van der Waals surface area contributed by atoms with E-state index < -0.39 is 23.0 Å². The average molecular weight is 369 g/mol. The number of carbonyl (C=O) groups excluding carboxylic acids is 2. The van der Waals surface area contributed by atoms with Crippen molar-refractivity contribution in [2.45, 2.75) is 13.8 Å². The molecule has 7 heteroatoms. The van der Waals surface area contributed by atoms with Gasteiger partial charge >= 0.3 is 0 Å². The Bertz CT molecular complexity index is 794. The molecule has 0 aliphatic heterocycles. The van der Waals surface area contributed by atoms with Gasteiger partial charge in [0.05, 0.1) is 10.0 Å². The molecule has 0 radical (unpaired) electrons. The van der Waals surface area contributed by atoms with Crippen LogP contribution in [0.1, 0.15) is 13.8 Å². The van der Waals surface area contributed by atoms with Gasteiger partial charge in [0.2, 0.25) is 11.8 Å². The Morgan fingerprint density at radius 1 is 0.917 bits per heavy atom. The normalized spacial score (nSPS) is 11.0. The quantitative estimate of drug-likeness (QED) is 0.765. The summed E-state index contributed by atoms with van der Waals surface area (Å²) >= 11 is 11.7. The summed E-state index contributed by atoms with van der Waals surface area (Å²) in [5, 5.41) is 5.78. The van der Waals surface area contributed by atoms with Gasteiger partial charge in [-0.3, -0.25) is 9.59 Å². The Kier molecular flexibility index (Phi) is 5.47. The monoisotopic (exact) mass is 368 g/mol. The highest BCUT2D eigenvalue weighted by Crippen LogP contribution is 2.27.